The van der Waals surface area contributed by atoms with Crippen molar-refractivity contribution >= 4 is 16.9 Å². The van der Waals surface area contributed by atoms with Crippen LogP contribution in [0.25, 0.3) is 22.3 Å². The van der Waals surface area contributed by atoms with Gasteiger partial charge in [0.05, 0.1) is 11.4 Å². The second kappa shape index (κ2) is 5.96. The van der Waals surface area contributed by atoms with Crippen molar-refractivity contribution in [1.29, 1.82) is 0 Å². The molecule has 0 spiro atoms. The first kappa shape index (κ1) is 14.8. The van der Waals surface area contributed by atoms with Crippen LogP contribution in [0.1, 0.15) is 6.92 Å². The van der Waals surface area contributed by atoms with Crippen molar-refractivity contribution in [3.63, 3.8) is 0 Å². The molecule has 23 heavy (non-hydrogen) atoms. The lowest BCUT2D eigenvalue weighted by Gasteiger charge is -2.15. The summed E-state index contributed by atoms with van der Waals surface area (Å²) in [6.45, 7) is 1.36. The van der Waals surface area contributed by atoms with Crippen molar-refractivity contribution in [2.24, 2.45) is 0 Å². The predicted molar refractivity (Wildman–Crippen MR) is 83.0 cm³/mol. The summed E-state index contributed by atoms with van der Waals surface area (Å²) in [5, 5.41) is 11.0. The Hall–Kier alpha value is -3.08. The van der Waals surface area contributed by atoms with Crippen molar-refractivity contribution < 1.29 is 19.1 Å². The summed E-state index contributed by atoms with van der Waals surface area (Å²) < 4.78 is 11.0. The average Bonchev–Trinajstić information content (AvgIpc) is 2.56. The third kappa shape index (κ3) is 3.08. The lowest BCUT2D eigenvalue weighted by atomic mass is 10.1. The molecule has 0 radical (unpaired) electrons. The maximum Gasteiger partial charge on any atom is 0.193 e. The van der Waals surface area contributed by atoms with Crippen LogP contribution in [-0.4, -0.2) is 12.1 Å². The normalized spacial score (nSPS) is 12.0. The van der Waals surface area contributed by atoms with Gasteiger partial charge in [-0.1, -0.05) is 30.3 Å². The van der Waals surface area contributed by atoms with Crippen molar-refractivity contribution in [3.8, 4) is 17.1 Å². The number of hydrogen-bond donors (Lipinski definition) is 0. The number of rotatable bonds is 4. The number of ether oxygens (including phenoxy) is 1. The Labute approximate surface area is 131 Å². The summed E-state index contributed by atoms with van der Waals surface area (Å²) in [5.41, 5.74) is 0.985. The maximum absolute atomic E-state index is 12.3. The van der Waals surface area contributed by atoms with Gasteiger partial charge in [-0.2, -0.15) is 0 Å². The van der Waals surface area contributed by atoms with Crippen LogP contribution in [0.5, 0.6) is 5.75 Å². The van der Waals surface area contributed by atoms with E-state index >= 15 is 0 Å². The zero-order chi connectivity index (χ0) is 16.4. The van der Waals surface area contributed by atoms with Gasteiger partial charge in [0.1, 0.15) is 23.2 Å². The van der Waals surface area contributed by atoms with Crippen LogP contribution < -0.4 is 15.3 Å². The van der Waals surface area contributed by atoms with Gasteiger partial charge in [-0.05, 0) is 25.1 Å². The van der Waals surface area contributed by atoms with E-state index in [4.69, 9.17) is 9.15 Å². The van der Waals surface area contributed by atoms with Gasteiger partial charge in [0.25, 0.3) is 0 Å². The van der Waals surface area contributed by atoms with Gasteiger partial charge >= 0.3 is 0 Å². The highest BCUT2D eigenvalue weighted by Gasteiger charge is 2.10. The Morgan fingerprint density at radius 2 is 1.87 bits per heavy atom. The topological polar surface area (TPSA) is 79.6 Å². The molecule has 2 aromatic carbocycles. The summed E-state index contributed by atoms with van der Waals surface area (Å²) in [4.78, 5) is 23.0. The molecule has 5 nitrogen and oxygen atoms in total. The second-order valence-corrected chi connectivity index (χ2v) is 5.08. The van der Waals surface area contributed by atoms with E-state index in [0.29, 0.717) is 16.7 Å². The Bertz CT molecular complexity index is 912. The van der Waals surface area contributed by atoms with Gasteiger partial charge in [0.15, 0.2) is 5.43 Å². The first-order valence-corrected chi connectivity index (χ1v) is 7.05. The molecule has 0 amide bonds. The Balaban J connectivity index is 2.03. The van der Waals surface area contributed by atoms with E-state index in [1.165, 1.54) is 19.1 Å². The van der Waals surface area contributed by atoms with Gasteiger partial charge in [-0.15, -0.1) is 0 Å². The lowest BCUT2D eigenvalue weighted by molar-refractivity contribution is -0.312. The molecule has 3 aromatic rings. The zero-order valence-corrected chi connectivity index (χ0v) is 12.3. The quantitative estimate of drug-likeness (QED) is 0.736. The van der Waals surface area contributed by atoms with Crippen molar-refractivity contribution in [1.82, 2.24) is 0 Å². The smallest absolute Gasteiger partial charge is 0.193 e. The zero-order valence-electron chi connectivity index (χ0n) is 12.3. The average molecular weight is 309 g/mol. The number of hydrogen-bond acceptors (Lipinski definition) is 5. The molecule has 1 aromatic heterocycles. The summed E-state index contributed by atoms with van der Waals surface area (Å²) in [6, 6.07) is 15.3. The van der Waals surface area contributed by atoms with Crippen molar-refractivity contribution in [2.45, 2.75) is 13.0 Å². The molecule has 3 rings (SSSR count). The van der Waals surface area contributed by atoms with Crippen LogP contribution >= 0.6 is 0 Å². The van der Waals surface area contributed by atoms with Gasteiger partial charge in [-0.3, -0.25) is 4.79 Å². The highest BCUT2D eigenvalue weighted by molar-refractivity contribution is 5.80. The monoisotopic (exact) mass is 309 g/mol. The van der Waals surface area contributed by atoms with Crippen LogP contribution in [0.4, 0.5) is 0 Å². The number of aliphatic carboxylic acids is 1. The van der Waals surface area contributed by atoms with Crippen LogP contribution in [0.3, 0.4) is 0 Å². The number of carboxylic acids is 1. The largest absolute Gasteiger partial charge is 0.546 e. The predicted octanol–water partition coefficient (Wildman–Crippen LogP) is 1.98. The summed E-state index contributed by atoms with van der Waals surface area (Å²) in [5.74, 6) is -0.578. The van der Waals surface area contributed by atoms with Crippen LogP contribution in [0.2, 0.25) is 0 Å². The van der Waals surface area contributed by atoms with E-state index in [0.717, 1.165) is 5.56 Å². The number of benzene rings is 2. The molecule has 5 heteroatoms. The molecule has 116 valence electrons. The van der Waals surface area contributed by atoms with Crippen molar-refractivity contribution in [2.75, 3.05) is 0 Å². The summed E-state index contributed by atoms with van der Waals surface area (Å²) >= 11 is 0. The fourth-order valence-electron chi connectivity index (χ4n) is 2.21. The van der Waals surface area contributed by atoms with Gasteiger partial charge in [0.2, 0.25) is 0 Å². The molecule has 0 N–H and O–H groups in total. The standard InChI is InChI=1S/C18H14O5/c1-11(18(20)21)22-13-7-8-16-14(9-13)15(19)10-17(23-16)12-5-3-2-4-6-12/h2-11H,1H3,(H,20,21)/p-1/t11-/m0/s1. The van der Waals surface area contributed by atoms with E-state index in [1.807, 2.05) is 30.3 Å². The third-order valence-corrected chi connectivity index (χ3v) is 3.40. The summed E-state index contributed by atoms with van der Waals surface area (Å²) in [7, 11) is 0. The number of fused-ring (bicyclic) bond motifs is 1. The number of carboxylic acid groups (broad SMARTS) is 1. The van der Waals surface area contributed by atoms with E-state index in [1.54, 1.807) is 12.1 Å². The Kier molecular flexibility index (Phi) is 3.85. The number of carbonyl (C=O) groups excluding carboxylic acids is 1. The molecular formula is C18H13O5-. The minimum Gasteiger partial charge on any atom is -0.546 e. The second-order valence-electron chi connectivity index (χ2n) is 5.08. The van der Waals surface area contributed by atoms with Gasteiger partial charge in [0, 0.05) is 11.6 Å². The molecular weight excluding hydrogens is 296 g/mol. The van der Waals surface area contributed by atoms with Crippen molar-refractivity contribution in [3.05, 3.63) is 64.8 Å². The molecule has 0 unspecified atom stereocenters. The molecule has 0 bridgehead atoms. The van der Waals surface area contributed by atoms with E-state index in [9.17, 15) is 14.7 Å². The van der Waals surface area contributed by atoms with Crippen LogP contribution in [0, 0.1) is 0 Å². The first-order valence-electron chi connectivity index (χ1n) is 7.05. The Morgan fingerprint density at radius 1 is 1.13 bits per heavy atom. The molecule has 1 heterocycles. The van der Waals surface area contributed by atoms with Crippen LogP contribution in [-0.2, 0) is 4.79 Å². The minimum atomic E-state index is -1.32. The van der Waals surface area contributed by atoms with Gasteiger partial charge in [-0.25, -0.2) is 0 Å². The number of carbonyl (C=O) groups is 1. The fourth-order valence-corrected chi connectivity index (χ4v) is 2.21. The molecule has 0 fully saturated rings. The SMILES string of the molecule is C[C@H](Oc1ccc2oc(-c3ccccc3)cc(=O)c2c1)C(=O)[O-]. The highest BCUT2D eigenvalue weighted by Crippen LogP contribution is 2.24. The highest BCUT2D eigenvalue weighted by atomic mass is 16.5. The molecule has 0 saturated heterocycles. The van der Waals surface area contributed by atoms with Gasteiger partial charge < -0.3 is 19.1 Å². The molecule has 0 saturated carbocycles. The fraction of sp³-hybridized carbons (Fsp3) is 0.111. The van der Waals surface area contributed by atoms with E-state index < -0.39 is 12.1 Å². The van der Waals surface area contributed by atoms with E-state index in [2.05, 4.69) is 0 Å². The maximum atomic E-state index is 12.3. The van der Waals surface area contributed by atoms with E-state index in [-0.39, 0.29) is 11.2 Å². The minimum absolute atomic E-state index is 0.225. The molecule has 0 aliphatic heterocycles. The lowest BCUT2D eigenvalue weighted by Crippen LogP contribution is -2.37. The first-order chi connectivity index (χ1) is 11.0. The molecule has 0 aliphatic rings. The molecule has 0 aliphatic carbocycles. The Morgan fingerprint density at radius 3 is 2.57 bits per heavy atom. The third-order valence-electron chi connectivity index (χ3n) is 3.40. The summed E-state index contributed by atoms with van der Waals surface area (Å²) in [6.07, 6.45) is -1.11. The molecule has 1 atom stereocenters. The van der Waals surface area contributed by atoms with Crippen LogP contribution in [0.15, 0.2) is 63.8 Å².